The predicted molar refractivity (Wildman–Crippen MR) is 48.3 cm³/mol. The highest BCUT2D eigenvalue weighted by Crippen LogP contribution is 2.33. The van der Waals surface area contributed by atoms with Crippen LogP contribution in [0, 0.1) is 0 Å². The SMILES string of the molecule is CN1Cc2ccc(N)c(O)c2C1=O. The summed E-state index contributed by atoms with van der Waals surface area (Å²) in [5.41, 5.74) is 6.91. The molecule has 4 heteroatoms. The van der Waals surface area contributed by atoms with Crippen molar-refractivity contribution in [2.75, 3.05) is 12.8 Å². The van der Waals surface area contributed by atoms with Crippen molar-refractivity contribution in [2.24, 2.45) is 0 Å². The average Bonchev–Trinajstić information content (AvgIpc) is 2.37. The molecule has 0 saturated carbocycles. The molecule has 4 nitrogen and oxygen atoms in total. The molecule has 1 aliphatic heterocycles. The summed E-state index contributed by atoms with van der Waals surface area (Å²) in [6, 6.07) is 3.38. The number of benzene rings is 1. The van der Waals surface area contributed by atoms with Crippen molar-refractivity contribution >= 4 is 11.6 Å². The number of aromatic hydroxyl groups is 1. The fourth-order valence-electron chi connectivity index (χ4n) is 1.54. The Morgan fingerprint density at radius 2 is 2.23 bits per heavy atom. The topological polar surface area (TPSA) is 66.6 Å². The van der Waals surface area contributed by atoms with Crippen LogP contribution in [0.15, 0.2) is 12.1 Å². The molecule has 68 valence electrons. The second kappa shape index (κ2) is 2.39. The van der Waals surface area contributed by atoms with Crippen molar-refractivity contribution in [3.05, 3.63) is 23.3 Å². The molecule has 2 rings (SSSR count). The van der Waals surface area contributed by atoms with Crippen molar-refractivity contribution in [1.29, 1.82) is 0 Å². The van der Waals surface area contributed by atoms with Gasteiger partial charge in [-0.25, -0.2) is 0 Å². The normalized spacial score (nSPS) is 14.8. The number of nitrogens with two attached hydrogens (primary N) is 1. The van der Waals surface area contributed by atoms with Gasteiger partial charge in [-0.2, -0.15) is 0 Å². The summed E-state index contributed by atoms with van der Waals surface area (Å²) in [4.78, 5) is 13.0. The lowest BCUT2D eigenvalue weighted by molar-refractivity contribution is 0.0814. The fraction of sp³-hybridized carbons (Fsp3) is 0.222. The van der Waals surface area contributed by atoms with Gasteiger partial charge in [0, 0.05) is 13.6 Å². The van der Waals surface area contributed by atoms with Crippen LogP contribution in [0.5, 0.6) is 5.75 Å². The van der Waals surface area contributed by atoms with Gasteiger partial charge in [-0.1, -0.05) is 6.07 Å². The molecule has 0 spiro atoms. The molecular formula is C9H10N2O2. The maximum Gasteiger partial charge on any atom is 0.258 e. The lowest BCUT2D eigenvalue weighted by atomic mass is 10.1. The monoisotopic (exact) mass is 178 g/mol. The van der Waals surface area contributed by atoms with Gasteiger partial charge in [0.15, 0.2) is 5.75 Å². The van der Waals surface area contributed by atoms with Gasteiger partial charge in [0.2, 0.25) is 0 Å². The first-order valence-corrected chi connectivity index (χ1v) is 3.97. The number of anilines is 1. The zero-order chi connectivity index (χ0) is 9.59. The van der Waals surface area contributed by atoms with Gasteiger partial charge in [0.25, 0.3) is 5.91 Å². The van der Waals surface area contributed by atoms with Crippen LogP contribution in [0.3, 0.4) is 0 Å². The number of fused-ring (bicyclic) bond motifs is 1. The van der Waals surface area contributed by atoms with E-state index in [1.807, 2.05) is 0 Å². The van der Waals surface area contributed by atoms with Crippen LogP contribution in [0.4, 0.5) is 5.69 Å². The largest absolute Gasteiger partial charge is 0.505 e. The second-order valence-electron chi connectivity index (χ2n) is 3.20. The Kier molecular flexibility index (Phi) is 1.45. The predicted octanol–water partition coefficient (Wildman–Crippen LogP) is 0.560. The molecule has 0 saturated heterocycles. The summed E-state index contributed by atoms with van der Waals surface area (Å²) in [5.74, 6) is -0.258. The number of nitrogens with zero attached hydrogens (tertiary/aromatic N) is 1. The maximum absolute atomic E-state index is 11.5. The third-order valence-corrected chi connectivity index (χ3v) is 2.26. The Labute approximate surface area is 75.6 Å². The minimum Gasteiger partial charge on any atom is -0.505 e. The molecule has 0 fully saturated rings. The Morgan fingerprint density at radius 3 is 2.92 bits per heavy atom. The summed E-state index contributed by atoms with van der Waals surface area (Å²) in [5, 5.41) is 9.53. The minimum atomic E-state index is -0.167. The fourth-order valence-corrected chi connectivity index (χ4v) is 1.54. The van der Waals surface area contributed by atoms with Gasteiger partial charge in [0.05, 0.1) is 11.3 Å². The molecule has 1 aromatic rings. The number of hydrogen-bond donors (Lipinski definition) is 2. The molecule has 1 aromatic carbocycles. The van der Waals surface area contributed by atoms with E-state index in [4.69, 9.17) is 5.73 Å². The average molecular weight is 178 g/mol. The Balaban J connectivity index is 2.66. The standard InChI is InChI=1S/C9H10N2O2/c1-11-4-5-2-3-6(10)8(12)7(5)9(11)13/h2-3,12H,4,10H2,1H3. The Bertz CT molecular complexity index is 387. The molecule has 1 amide bonds. The summed E-state index contributed by atoms with van der Waals surface area (Å²) < 4.78 is 0. The molecule has 0 aliphatic carbocycles. The van der Waals surface area contributed by atoms with Crippen molar-refractivity contribution in [3.63, 3.8) is 0 Å². The van der Waals surface area contributed by atoms with Gasteiger partial charge in [-0.3, -0.25) is 4.79 Å². The number of carbonyl (C=O) groups excluding carboxylic acids is 1. The molecular weight excluding hydrogens is 168 g/mol. The van der Waals surface area contributed by atoms with Gasteiger partial charge >= 0.3 is 0 Å². The second-order valence-corrected chi connectivity index (χ2v) is 3.20. The lowest BCUT2D eigenvalue weighted by Crippen LogP contribution is -2.17. The molecule has 0 unspecified atom stereocenters. The highest BCUT2D eigenvalue weighted by Gasteiger charge is 2.28. The van der Waals surface area contributed by atoms with Gasteiger partial charge in [-0.05, 0) is 11.6 Å². The van der Waals surface area contributed by atoms with Gasteiger partial charge in [0.1, 0.15) is 0 Å². The number of rotatable bonds is 0. The smallest absolute Gasteiger partial charge is 0.258 e. The Hall–Kier alpha value is -1.71. The van der Waals surface area contributed by atoms with E-state index in [0.717, 1.165) is 5.56 Å². The van der Waals surface area contributed by atoms with Gasteiger partial charge in [-0.15, -0.1) is 0 Å². The number of amides is 1. The van der Waals surface area contributed by atoms with Crippen LogP contribution in [-0.4, -0.2) is 23.0 Å². The van der Waals surface area contributed by atoms with Crippen molar-refractivity contribution in [2.45, 2.75) is 6.54 Å². The first-order valence-electron chi connectivity index (χ1n) is 3.97. The number of hydrogen-bond acceptors (Lipinski definition) is 3. The van der Waals surface area contributed by atoms with E-state index < -0.39 is 0 Å². The van der Waals surface area contributed by atoms with E-state index in [9.17, 15) is 9.90 Å². The Morgan fingerprint density at radius 1 is 1.54 bits per heavy atom. The molecule has 0 bridgehead atoms. The highest BCUT2D eigenvalue weighted by molar-refractivity contribution is 6.02. The minimum absolute atomic E-state index is 0.0909. The number of nitrogen functional groups attached to an aromatic ring is 1. The summed E-state index contributed by atoms with van der Waals surface area (Å²) in [7, 11) is 1.69. The van der Waals surface area contributed by atoms with E-state index in [-0.39, 0.29) is 17.3 Å². The van der Waals surface area contributed by atoms with Crippen LogP contribution in [0.2, 0.25) is 0 Å². The van der Waals surface area contributed by atoms with Crippen molar-refractivity contribution in [3.8, 4) is 5.75 Å². The highest BCUT2D eigenvalue weighted by atomic mass is 16.3. The van der Waals surface area contributed by atoms with Crippen LogP contribution in [0.1, 0.15) is 15.9 Å². The molecule has 3 N–H and O–H groups in total. The van der Waals surface area contributed by atoms with Crippen LogP contribution in [0.25, 0.3) is 0 Å². The van der Waals surface area contributed by atoms with Crippen LogP contribution in [-0.2, 0) is 6.54 Å². The summed E-state index contributed by atoms with van der Waals surface area (Å²) in [6.45, 7) is 0.544. The first kappa shape index (κ1) is 7.91. The summed E-state index contributed by atoms with van der Waals surface area (Å²) >= 11 is 0. The third-order valence-electron chi connectivity index (χ3n) is 2.26. The van der Waals surface area contributed by atoms with E-state index in [1.165, 1.54) is 0 Å². The third kappa shape index (κ3) is 0.950. The van der Waals surface area contributed by atoms with E-state index >= 15 is 0 Å². The zero-order valence-corrected chi connectivity index (χ0v) is 7.24. The number of phenolic OH excluding ortho intramolecular Hbond substituents is 1. The van der Waals surface area contributed by atoms with Crippen LogP contribution < -0.4 is 5.73 Å². The maximum atomic E-state index is 11.5. The molecule has 0 radical (unpaired) electrons. The van der Waals surface area contributed by atoms with E-state index in [0.29, 0.717) is 12.1 Å². The lowest BCUT2D eigenvalue weighted by Gasteiger charge is -2.05. The zero-order valence-electron chi connectivity index (χ0n) is 7.24. The van der Waals surface area contributed by atoms with Crippen molar-refractivity contribution < 1.29 is 9.90 Å². The summed E-state index contributed by atoms with van der Waals surface area (Å²) in [6.07, 6.45) is 0. The molecule has 1 heterocycles. The van der Waals surface area contributed by atoms with Gasteiger partial charge < -0.3 is 15.7 Å². The van der Waals surface area contributed by atoms with Crippen LogP contribution >= 0.6 is 0 Å². The molecule has 0 aromatic heterocycles. The van der Waals surface area contributed by atoms with E-state index in [2.05, 4.69) is 0 Å². The number of carbonyl (C=O) groups is 1. The quantitative estimate of drug-likeness (QED) is 0.450. The number of phenols is 1. The van der Waals surface area contributed by atoms with E-state index in [1.54, 1.807) is 24.1 Å². The van der Waals surface area contributed by atoms with Crippen molar-refractivity contribution in [1.82, 2.24) is 4.90 Å². The molecule has 1 aliphatic rings. The molecule has 0 atom stereocenters. The molecule has 13 heavy (non-hydrogen) atoms. The first-order chi connectivity index (χ1) is 6.11.